The first-order chi connectivity index (χ1) is 9.59. The average Bonchev–Trinajstić information content (AvgIpc) is 2.71. The summed E-state index contributed by atoms with van der Waals surface area (Å²) < 4.78 is 2.13. The predicted octanol–water partition coefficient (Wildman–Crippen LogP) is 4.16. The lowest BCUT2D eigenvalue weighted by molar-refractivity contribution is -0.384. The van der Waals surface area contributed by atoms with E-state index in [1.165, 1.54) is 0 Å². The van der Waals surface area contributed by atoms with E-state index < -0.39 is 0 Å². The van der Waals surface area contributed by atoms with Gasteiger partial charge in [-0.25, -0.2) is 0 Å². The molecule has 0 amide bonds. The van der Waals surface area contributed by atoms with Crippen LogP contribution >= 0.6 is 0 Å². The molecule has 0 aliphatic carbocycles. The summed E-state index contributed by atoms with van der Waals surface area (Å²) in [6.07, 6.45) is 0. The predicted molar refractivity (Wildman–Crippen MR) is 79.4 cm³/mol. The summed E-state index contributed by atoms with van der Waals surface area (Å²) in [7, 11) is 0. The topological polar surface area (TPSA) is 48.1 Å². The van der Waals surface area contributed by atoms with E-state index in [9.17, 15) is 10.1 Å². The van der Waals surface area contributed by atoms with Crippen molar-refractivity contribution < 1.29 is 4.92 Å². The van der Waals surface area contributed by atoms with Gasteiger partial charge in [0.15, 0.2) is 0 Å². The lowest BCUT2D eigenvalue weighted by Gasteiger charge is -2.08. The number of aromatic nitrogens is 1. The highest BCUT2D eigenvalue weighted by atomic mass is 16.6. The van der Waals surface area contributed by atoms with E-state index in [1.807, 2.05) is 50.2 Å². The van der Waals surface area contributed by atoms with Gasteiger partial charge in [0.2, 0.25) is 0 Å². The van der Waals surface area contributed by atoms with Crippen LogP contribution < -0.4 is 0 Å². The van der Waals surface area contributed by atoms with Gasteiger partial charge in [0.25, 0.3) is 5.69 Å². The van der Waals surface area contributed by atoms with Gasteiger partial charge in [-0.1, -0.05) is 18.2 Å². The number of nitro groups is 1. The lowest BCUT2D eigenvalue weighted by atomic mass is 10.1. The van der Waals surface area contributed by atoms with Gasteiger partial charge < -0.3 is 4.57 Å². The quantitative estimate of drug-likeness (QED) is 0.516. The van der Waals surface area contributed by atoms with Crippen molar-refractivity contribution in [3.8, 4) is 5.69 Å². The summed E-state index contributed by atoms with van der Waals surface area (Å²) >= 11 is 0. The minimum absolute atomic E-state index is 0.130. The largest absolute Gasteiger partial charge is 0.314 e. The van der Waals surface area contributed by atoms with E-state index in [0.717, 1.165) is 27.8 Å². The first kappa shape index (κ1) is 12.4. The molecule has 2 aromatic carbocycles. The molecule has 20 heavy (non-hydrogen) atoms. The Labute approximate surface area is 116 Å². The fourth-order valence-electron chi connectivity index (χ4n) is 2.59. The number of non-ortho nitro benzene ring substituents is 1. The molecule has 0 spiro atoms. The third kappa shape index (κ3) is 1.77. The SMILES string of the molecule is Cc1c(C)n(-c2ccccc2)c2ccc([N+](=O)[O-])cc12. The molecule has 0 bridgehead atoms. The second kappa shape index (κ2) is 4.49. The van der Waals surface area contributed by atoms with Crippen LogP contribution in [0.5, 0.6) is 0 Å². The zero-order valence-corrected chi connectivity index (χ0v) is 11.3. The molecule has 0 radical (unpaired) electrons. The van der Waals surface area contributed by atoms with E-state index in [-0.39, 0.29) is 10.6 Å². The van der Waals surface area contributed by atoms with Crippen molar-refractivity contribution >= 4 is 16.6 Å². The van der Waals surface area contributed by atoms with Crippen molar-refractivity contribution in [2.24, 2.45) is 0 Å². The summed E-state index contributed by atoms with van der Waals surface area (Å²) in [6.45, 7) is 4.04. The van der Waals surface area contributed by atoms with Crippen LogP contribution in [0, 0.1) is 24.0 Å². The van der Waals surface area contributed by atoms with Crippen molar-refractivity contribution in [1.82, 2.24) is 4.57 Å². The molecule has 100 valence electrons. The van der Waals surface area contributed by atoms with E-state index in [0.29, 0.717) is 0 Å². The number of para-hydroxylation sites is 1. The highest BCUT2D eigenvalue weighted by molar-refractivity contribution is 5.88. The number of rotatable bonds is 2. The van der Waals surface area contributed by atoms with Crippen molar-refractivity contribution in [1.29, 1.82) is 0 Å². The Hall–Kier alpha value is -2.62. The molecule has 1 heterocycles. The molecule has 0 aliphatic heterocycles. The van der Waals surface area contributed by atoms with Gasteiger partial charge in [-0.15, -0.1) is 0 Å². The van der Waals surface area contributed by atoms with Crippen molar-refractivity contribution in [3.05, 3.63) is 69.9 Å². The number of fused-ring (bicyclic) bond motifs is 1. The molecule has 0 N–H and O–H groups in total. The summed E-state index contributed by atoms with van der Waals surface area (Å²) in [5.41, 5.74) is 4.37. The molecular formula is C16H14N2O2. The van der Waals surface area contributed by atoms with Gasteiger partial charge in [-0.3, -0.25) is 10.1 Å². The van der Waals surface area contributed by atoms with Gasteiger partial charge in [0, 0.05) is 28.9 Å². The Balaban J connectivity index is 2.34. The maximum absolute atomic E-state index is 10.9. The first-order valence-corrected chi connectivity index (χ1v) is 6.41. The van der Waals surface area contributed by atoms with E-state index in [4.69, 9.17) is 0 Å². The molecule has 4 heteroatoms. The molecule has 4 nitrogen and oxygen atoms in total. The Morgan fingerprint density at radius 1 is 1.05 bits per heavy atom. The number of nitrogens with zero attached hydrogens (tertiary/aromatic N) is 2. The maximum atomic E-state index is 10.9. The second-order valence-electron chi connectivity index (χ2n) is 4.84. The van der Waals surface area contributed by atoms with Crippen LogP contribution in [0.2, 0.25) is 0 Å². The molecule has 3 aromatic rings. The minimum atomic E-state index is -0.353. The van der Waals surface area contributed by atoms with Crippen LogP contribution in [0.3, 0.4) is 0 Å². The second-order valence-corrected chi connectivity index (χ2v) is 4.84. The number of hydrogen-bond donors (Lipinski definition) is 0. The van der Waals surface area contributed by atoms with Crippen molar-refractivity contribution in [2.75, 3.05) is 0 Å². The van der Waals surface area contributed by atoms with Crippen LogP contribution in [-0.2, 0) is 0 Å². The zero-order chi connectivity index (χ0) is 14.3. The summed E-state index contributed by atoms with van der Waals surface area (Å²) in [5.74, 6) is 0. The van der Waals surface area contributed by atoms with E-state index >= 15 is 0 Å². The van der Waals surface area contributed by atoms with Gasteiger partial charge in [-0.05, 0) is 37.6 Å². The molecule has 1 aromatic heterocycles. The van der Waals surface area contributed by atoms with Crippen LogP contribution in [0.4, 0.5) is 5.69 Å². The maximum Gasteiger partial charge on any atom is 0.270 e. The standard InChI is InChI=1S/C16H14N2O2/c1-11-12(2)17(13-6-4-3-5-7-13)16-9-8-14(18(19)20)10-15(11)16/h3-10H,1-2H3. The normalized spacial score (nSPS) is 10.9. The zero-order valence-electron chi connectivity index (χ0n) is 11.3. The minimum Gasteiger partial charge on any atom is -0.314 e. The smallest absolute Gasteiger partial charge is 0.270 e. The molecule has 0 saturated heterocycles. The molecule has 3 rings (SSSR count). The van der Waals surface area contributed by atoms with Gasteiger partial charge in [0.05, 0.1) is 10.4 Å². The van der Waals surface area contributed by atoms with Crippen molar-refractivity contribution in [2.45, 2.75) is 13.8 Å². The molecule has 0 fully saturated rings. The molecule has 0 saturated carbocycles. The molecular weight excluding hydrogens is 252 g/mol. The van der Waals surface area contributed by atoms with Crippen LogP contribution in [0.15, 0.2) is 48.5 Å². The van der Waals surface area contributed by atoms with Gasteiger partial charge >= 0.3 is 0 Å². The van der Waals surface area contributed by atoms with Crippen LogP contribution in [0.25, 0.3) is 16.6 Å². The molecule has 0 unspecified atom stereocenters. The Morgan fingerprint density at radius 2 is 1.75 bits per heavy atom. The van der Waals surface area contributed by atoms with Crippen LogP contribution in [0.1, 0.15) is 11.3 Å². The lowest BCUT2D eigenvalue weighted by Crippen LogP contribution is -1.96. The molecule has 0 atom stereocenters. The first-order valence-electron chi connectivity index (χ1n) is 6.41. The molecule has 0 aliphatic rings. The van der Waals surface area contributed by atoms with Crippen LogP contribution in [-0.4, -0.2) is 9.49 Å². The van der Waals surface area contributed by atoms with Gasteiger partial charge in [0.1, 0.15) is 0 Å². The third-order valence-corrected chi connectivity index (χ3v) is 3.73. The third-order valence-electron chi connectivity index (χ3n) is 3.73. The Bertz CT molecular complexity index is 804. The fourth-order valence-corrected chi connectivity index (χ4v) is 2.59. The Morgan fingerprint density at radius 3 is 2.40 bits per heavy atom. The van der Waals surface area contributed by atoms with Crippen molar-refractivity contribution in [3.63, 3.8) is 0 Å². The van der Waals surface area contributed by atoms with E-state index in [1.54, 1.807) is 12.1 Å². The number of nitro benzene ring substituents is 1. The fraction of sp³-hybridized carbons (Fsp3) is 0.125. The Kier molecular flexibility index (Phi) is 2.79. The summed E-state index contributed by atoms with van der Waals surface area (Å²) in [6, 6.07) is 15.0. The average molecular weight is 266 g/mol. The summed E-state index contributed by atoms with van der Waals surface area (Å²) in [5, 5.41) is 11.8. The number of hydrogen-bond acceptors (Lipinski definition) is 2. The highest BCUT2D eigenvalue weighted by Crippen LogP contribution is 2.31. The number of aryl methyl sites for hydroxylation is 1. The van der Waals surface area contributed by atoms with E-state index in [2.05, 4.69) is 4.57 Å². The highest BCUT2D eigenvalue weighted by Gasteiger charge is 2.15. The number of benzene rings is 2. The monoisotopic (exact) mass is 266 g/mol. The van der Waals surface area contributed by atoms with Gasteiger partial charge in [-0.2, -0.15) is 0 Å². The summed E-state index contributed by atoms with van der Waals surface area (Å²) in [4.78, 5) is 10.6.